The molecule has 0 aliphatic rings. The summed E-state index contributed by atoms with van der Waals surface area (Å²) in [5, 5.41) is 3.20. The quantitative estimate of drug-likeness (QED) is 0.897. The third-order valence-electron chi connectivity index (χ3n) is 3.49. The zero-order valence-corrected chi connectivity index (χ0v) is 12.0. The molecule has 1 aromatic carbocycles. The zero-order valence-electron chi connectivity index (χ0n) is 12.0. The second-order valence-corrected chi connectivity index (χ2v) is 5.27. The van der Waals surface area contributed by atoms with Crippen molar-refractivity contribution in [2.45, 2.75) is 40.2 Å². The molecule has 1 heterocycles. The van der Waals surface area contributed by atoms with Gasteiger partial charge in [0.25, 0.3) is 0 Å². The lowest BCUT2D eigenvalue weighted by molar-refractivity contribution is 0.577. The Hall–Kier alpha value is -1.35. The minimum atomic E-state index is 0.448. The second-order valence-electron chi connectivity index (χ2n) is 5.27. The average molecular weight is 245 g/mol. The van der Waals surface area contributed by atoms with Crippen LogP contribution in [0.2, 0.25) is 0 Å². The highest BCUT2D eigenvalue weighted by atomic mass is 15.1. The summed E-state index contributed by atoms with van der Waals surface area (Å²) in [6, 6.07) is 4.91. The molecule has 3 nitrogen and oxygen atoms in total. The normalized spacial score (nSPS) is 11.7. The van der Waals surface area contributed by atoms with Crippen LogP contribution in [0.15, 0.2) is 12.1 Å². The maximum Gasteiger partial charge on any atom is 0.111 e. The Bertz CT molecular complexity index is 552. The summed E-state index contributed by atoms with van der Waals surface area (Å²) in [5.41, 5.74) is 5.04. The van der Waals surface area contributed by atoms with Crippen molar-refractivity contribution in [2.75, 3.05) is 13.6 Å². The van der Waals surface area contributed by atoms with Gasteiger partial charge in [0.05, 0.1) is 11.0 Å². The summed E-state index contributed by atoms with van der Waals surface area (Å²) < 4.78 is 2.36. The minimum Gasteiger partial charge on any atom is -0.325 e. The third-order valence-corrected chi connectivity index (χ3v) is 3.49. The molecule has 0 aliphatic heterocycles. The van der Waals surface area contributed by atoms with Gasteiger partial charge >= 0.3 is 0 Å². The van der Waals surface area contributed by atoms with Gasteiger partial charge in [-0.1, -0.05) is 0 Å². The van der Waals surface area contributed by atoms with Gasteiger partial charge in [-0.3, -0.25) is 0 Å². The van der Waals surface area contributed by atoms with E-state index in [9.17, 15) is 0 Å². The molecule has 0 bridgehead atoms. The van der Waals surface area contributed by atoms with Crippen LogP contribution in [0.1, 0.15) is 36.8 Å². The predicted molar refractivity (Wildman–Crippen MR) is 77.2 cm³/mol. The molecule has 0 saturated heterocycles. The van der Waals surface area contributed by atoms with Gasteiger partial charge in [-0.05, 0) is 58.0 Å². The van der Waals surface area contributed by atoms with E-state index in [4.69, 9.17) is 4.98 Å². The number of hydrogen-bond acceptors (Lipinski definition) is 2. The van der Waals surface area contributed by atoms with E-state index < -0.39 is 0 Å². The van der Waals surface area contributed by atoms with Crippen LogP contribution in [0.4, 0.5) is 0 Å². The molecule has 0 saturated carbocycles. The summed E-state index contributed by atoms with van der Waals surface area (Å²) in [6.45, 7) is 9.72. The summed E-state index contributed by atoms with van der Waals surface area (Å²) in [5.74, 6) is 1.18. The number of aromatic nitrogens is 2. The van der Waals surface area contributed by atoms with E-state index in [-0.39, 0.29) is 0 Å². The number of fused-ring (bicyclic) bond motifs is 1. The van der Waals surface area contributed by atoms with Crippen molar-refractivity contribution < 1.29 is 0 Å². The summed E-state index contributed by atoms with van der Waals surface area (Å²) in [7, 11) is 1.98. The highest BCUT2D eigenvalue weighted by Gasteiger charge is 2.13. The van der Waals surface area contributed by atoms with Crippen LogP contribution in [0.25, 0.3) is 11.0 Å². The Morgan fingerprint density at radius 3 is 2.50 bits per heavy atom. The van der Waals surface area contributed by atoms with Gasteiger partial charge in [-0.25, -0.2) is 4.98 Å². The molecule has 0 spiro atoms. The number of benzene rings is 1. The standard InChI is InChI=1S/C15H23N3/c1-10(2)18-14-9-12(4)11(3)8-13(14)17-15(18)6-7-16-5/h8-10,16H,6-7H2,1-5H3. The highest BCUT2D eigenvalue weighted by molar-refractivity contribution is 5.78. The monoisotopic (exact) mass is 245 g/mol. The third kappa shape index (κ3) is 2.27. The first-order chi connectivity index (χ1) is 8.54. The van der Waals surface area contributed by atoms with Crippen molar-refractivity contribution in [3.63, 3.8) is 0 Å². The molecular weight excluding hydrogens is 222 g/mol. The van der Waals surface area contributed by atoms with Gasteiger partial charge in [0.1, 0.15) is 5.82 Å². The zero-order chi connectivity index (χ0) is 13.3. The Labute approximate surface area is 109 Å². The van der Waals surface area contributed by atoms with E-state index in [1.807, 2.05) is 7.05 Å². The van der Waals surface area contributed by atoms with Crippen molar-refractivity contribution in [3.8, 4) is 0 Å². The minimum absolute atomic E-state index is 0.448. The number of nitrogens with zero attached hydrogens (tertiary/aromatic N) is 2. The molecule has 18 heavy (non-hydrogen) atoms. The molecule has 0 amide bonds. The molecule has 0 unspecified atom stereocenters. The fourth-order valence-corrected chi connectivity index (χ4v) is 2.39. The molecular formula is C15H23N3. The second kappa shape index (κ2) is 5.11. The van der Waals surface area contributed by atoms with E-state index in [1.54, 1.807) is 0 Å². The molecule has 98 valence electrons. The summed E-state index contributed by atoms with van der Waals surface area (Å²) in [6.07, 6.45) is 0.974. The van der Waals surface area contributed by atoms with Gasteiger partial charge in [-0.15, -0.1) is 0 Å². The Morgan fingerprint density at radius 1 is 1.22 bits per heavy atom. The van der Waals surface area contributed by atoms with E-state index in [1.165, 1.54) is 22.5 Å². The van der Waals surface area contributed by atoms with Gasteiger partial charge in [0.2, 0.25) is 0 Å². The average Bonchev–Trinajstić information content (AvgIpc) is 2.64. The number of hydrogen-bond donors (Lipinski definition) is 1. The van der Waals surface area contributed by atoms with Crippen molar-refractivity contribution in [3.05, 3.63) is 29.1 Å². The smallest absolute Gasteiger partial charge is 0.111 e. The topological polar surface area (TPSA) is 29.9 Å². The number of nitrogens with one attached hydrogen (secondary N) is 1. The molecule has 0 fully saturated rings. The predicted octanol–water partition coefficient (Wildman–Crippen LogP) is 3.00. The van der Waals surface area contributed by atoms with Crippen LogP contribution in [0.5, 0.6) is 0 Å². The van der Waals surface area contributed by atoms with Crippen molar-refractivity contribution in [2.24, 2.45) is 0 Å². The van der Waals surface area contributed by atoms with E-state index in [2.05, 4.69) is 49.7 Å². The van der Waals surface area contributed by atoms with Crippen molar-refractivity contribution >= 4 is 11.0 Å². The lowest BCUT2D eigenvalue weighted by Gasteiger charge is -2.13. The Balaban J connectivity index is 2.60. The van der Waals surface area contributed by atoms with Gasteiger partial charge < -0.3 is 9.88 Å². The van der Waals surface area contributed by atoms with Crippen LogP contribution >= 0.6 is 0 Å². The number of rotatable bonds is 4. The Kier molecular flexibility index (Phi) is 3.71. The maximum absolute atomic E-state index is 4.80. The van der Waals surface area contributed by atoms with Gasteiger partial charge in [-0.2, -0.15) is 0 Å². The molecule has 0 radical (unpaired) electrons. The molecule has 0 aliphatic carbocycles. The van der Waals surface area contributed by atoms with Crippen molar-refractivity contribution in [1.29, 1.82) is 0 Å². The van der Waals surface area contributed by atoms with Crippen LogP contribution in [-0.4, -0.2) is 23.1 Å². The molecule has 1 N–H and O–H groups in total. The molecule has 1 aromatic heterocycles. The summed E-state index contributed by atoms with van der Waals surface area (Å²) in [4.78, 5) is 4.80. The fourth-order valence-electron chi connectivity index (χ4n) is 2.39. The largest absolute Gasteiger partial charge is 0.325 e. The fraction of sp³-hybridized carbons (Fsp3) is 0.533. The molecule has 3 heteroatoms. The summed E-state index contributed by atoms with van der Waals surface area (Å²) >= 11 is 0. The molecule has 2 aromatic rings. The Morgan fingerprint density at radius 2 is 1.89 bits per heavy atom. The van der Waals surface area contributed by atoms with Crippen LogP contribution in [-0.2, 0) is 6.42 Å². The number of likely N-dealkylation sites (N-methyl/N-ethyl adjacent to an activating group) is 1. The van der Waals surface area contributed by atoms with Crippen molar-refractivity contribution in [1.82, 2.24) is 14.9 Å². The van der Waals surface area contributed by atoms with E-state index >= 15 is 0 Å². The molecule has 2 rings (SSSR count). The molecule has 0 atom stereocenters. The first kappa shape index (κ1) is 13.1. The first-order valence-electron chi connectivity index (χ1n) is 6.67. The van der Waals surface area contributed by atoms with Crippen LogP contribution < -0.4 is 5.32 Å². The lowest BCUT2D eigenvalue weighted by atomic mass is 10.1. The van der Waals surface area contributed by atoms with Gasteiger partial charge in [0.15, 0.2) is 0 Å². The number of aryl methyl sites for hydroxylation is 2. The lowest BCUT2D eigenvalue weighted by Crippen LogP contribution is -2.15. The van der Waals surface area contributed by atoms with Crippen LogP contribution in [0.3, 0.4) is 0 Å². The first-order valence-corrected chi connectivity index (χ1v) is 6.67. The number of imidazole rings is 1. The van der Waals surface area contributed by atoms with E-state index in [0.29, 0.717) is 6.04 Å². The van der Waals surface area contributed by atoms with Crippen LogP contribution in [0, 0.1) is 13.8 Å². The van der Waals surface area contributed by atoms with Gasteiger partial charge in [0, 0.05) is 19.0 Å². The SMILES string of the molecule is CNCCc1nc2cc(C)c(C)cc2n1C(C)C. The maximum atomic E-state index is 4.80. The highest BCUT2D eigenvalue weighted by Crippen LogP contribution is 2.24. The van der Waals surface area contributed by atoms with E-state index in [0.717, 1.165) is 18.5 Å².